The topological polar surface area (TPSA) is 80.5 Å². The van der Waals surface area contributed by atoms with Crippen LogP contribution in [-0.2, 0) is 16.4 Å². The number of hydrogen-bond donors (Lipinski definition) is 0. The predicted octanol–water partition coefficient (Wildman–Crippen LogP) is 4.20. The van der Waals surface area contributed by atoms with Crippen molar-refractivity contribution in [2.45, 2.75) is 23.4 Å². The lowest BCUT2D eigenvalue weighted by atomic mass is 10.2. The van der Waals surface area contributed by atoms with Crippen LogP contribution < -0.4 is 4.90 Å². The molecule has 7 nitrogen and oxygen atoms in total. The number of benzene rings is 2. The maximum Gasteiger partial charge on any atom is 0.229 e. The van der Waals surface area contributed by atoms with Crippen molar-refractivity contribution in [1.82, 2.24) is 19.8 Å². The maximum absolute atomic E-state index is 13.3. The molecule has 156 valence electrons. The van der Waals surface area contributed by atoms with E-state index in [4.69, 9.17) is 4.98 Å². The van der Waals surface area contributed by atoms with Crippen molar-refractivity contribution in [3.63, 3.8) is 0 Å². The van der Waals surface area contributed by atoms with Crippen LogP contribution in [0.3, 0.4) is 0 Å². The lowest BCUT2D eigenvalue weighted by molar-refractivity contribution is 0.592. The molecule has 0 aliphatic heterocycles. The Bertz CT molecular complexity index is 1460. The van der Waals surface area contributed by atoms with E-state index in [1.165, 1.54) is 4.52 Å². The molecule has 5 aromatic rings. The van der Waals surface area contributed by atoms with Gasteiger partial charge < -0.3 is 4.90 Å². The van der Waals surface area contributed by atoms with E-state index < -0.39 is 9.84 Å². The highest BCUT2D eigenvalue weighted by Crippen LogP contribution is 2.33. The summed E-state index contributed by atoms with van der Waals surface area (Å²) in [7, 11) is -3.85. The third-order valence-corrected chi connectivity index (χ3v) is 7.68. The molecule has 0 unspecified atom stereocenters. The second kappa shape index (κ2) is 7.75. The summed E-state index contributed by atoms with van der Waals surface area (Å²) in [5.41, 5.74) is 2.18. The molecule has 0 radical (unpaired) electrons. The molecule has 5 rings (SSSR count). The SMILES string of the molecule is CCN(Cc1ccccc1)c1nc2c(S(=O)(=O)c3ccccc3)nnn2c2ccsc12. The van der Waals surface area contributed by atoms with E-state index in [-0.39, 0.29) is 15.6 Å². The molecule has 0 spiro atoms. The van der Waals surface area contributed by atoms with Gasteiger partial charge in [0.25, 0.3) is 0 Å². The molecule has 9 heteroatoms. The summed E-state index contributed by atoms with van der Waals surface area (Å²) in [5.74, 6) is 0.732. The van der Waals surface area contributed by atoms with Gasteiger partial charge in [0.15, 0.2) is 11.5 Å². The largest absolute Gasteiger partial charge is 0.351 e. The van der Waals surface area contributed by atoms with Gasteiger partial charge in [0.05, 0.1) is 15.1 Å². The average Bonchev–Trinajstić information content (AvgIpc) is 3.45. The van der Waals surface area contributed by atoms with Crippen molar-refractivity contribution >= 4 is 42.9 Å². The first-order chi connectivity index (χ1) is 15.1. The van der Waals surface area contributed by atoms with Gasteiger partial charge >= 0.3 is 0 Å². The minimum Gasteiger partial charge on any atom is -0.351 e. The Morgan fingerprint density at radius 3 is 2.42 bits per heavy atom. The minimum absolute atomic E-state index is 0.135. The van der Waals surface area contributed by atoms with Gasteiger partial charge in [-0.1, -0.05) is 53.7 Å². The average molecular weight is 450 g/mol. The van der Waals surface area contributed by atoms with Crippen LogP contribution in [0.5, 0.6) is 0 Å². The number of fused-ring (bicyclic) bond motifs is 3. The molecule has 0 bridgehead atoms. The lowest BCUT2D eigenvalue weighted by Gasteiger charge is -2.23. The lowest BCUT2D eigenvalue weighted by Crippen LogP contribution is -2.23. The molecule has 3 heterocycles. The molecule has 31 heavy (non-hydrogen) atoms. The summed E-state index contributed by atoms with van der Waals surface area (Å²) in [6.07, 6.45) is 0. The molecule has 3 aromatic heterocycles. The molecule has 0 saturated carbocycles. The summed E-state index contributed by atoms with van der Waals surface area (Å²) in [4.78, 5) is 7.10. The predicted molar refractivity (Wildman–Crippen MR) is 121 cm³/mol. The highest BCUT2D eigenvalue weighted by atomic mass is 32.2. The zero-order valence-electron chi connectivity index (χ0n) is 16.7. The third-order valence-electron chi connectivity index (χ3n) is 5.11. The maximum atomic E-state index is 13.3. The first kappa shape index (κ1) is 19.7. The molecule has 2 aromatic carbocycles. The van der Waals surface area contributed by atoms with E-state index in [1.807, 2.05) is 29.6 Å². The second-order valence-corrected chi connectivity index (χ2v) is 9.80. The fourth-order valence-corrected chi connectivity index (χ4v) is 5.69. The molecule has 0 atom stereocenters. The first-order valence-electron chi connectivity index (χ1n) is 9.81. The quantitative estimate of drug-likeness (QED) is 0.387. The van der Waals surface area contributed by atoms with Gasteiger partial charge in [-0.25, -0.2) is 13.4 Å². The van der Waals surface area contributed by atoms with E-state index >= 15 is 0 Å². The number of aromatic nitrogens is 4. The van der Waals surface area contributed by atoms with Crippen molar-refractivity contribution in [1.29, 1.82) is 0 Å². The number of nitrogens with zero attached hydrogens (tertiary/aromatic N) is 5. The molecular weight excluding hydrogens is 430 g/mol. The van der Waals surface area contributed by atoms with E-state index in [1.54, 1.807) is 41.7 Å². The Balaban J connectivity index is 1.71. The van der Waals surface area contributed by atoms with Crippen molar-refractivity contribution in [3.05, 3.63) is 77.7 Å². The number of sulfone groups is 1. The van der Waals surface area contributed by atoms with Gasteiger partial charge in [0, 0.05) is 13.1 Å². The van der Waals surface area contributed by atoms with Gasteiger partial charge in [-0.2, -0.15) is 4.52 Å². The molecule has 0 N–H and O–H groups in total. The normalized spacial score (nSPS) is 11.9. The van der Waals surface area contributed by atoms with Gasteiger partial charge in [0.2, 0.25) is 14.9 Å². The van der Waals surface area contributed by atoms with Gasteiger partial charge in [-0.3, -0.25) is 0 Å². The van der Waals surface area contributed by atoms with Gasteiger partial charge in [0.1, 0.15) is 0 Å². The Kier molecular flexibility index (Phi) is 4.91. The Morgan fingerprint density at radius 1 is 1.00 bits per heavy atom. The van der Waals surface area contributed by atoms with Crippen molar-refractivity contribution in [3.8, 4) is 0 Å². The van der Waals surface area contributed by atoms with E-state index in [9.17, 15) is 8.42 Å². The van der Waals surface area contributed by atoms with Crippen LogP contribution in [0.4, 0.5) is 5.82 Å². The van der Waals surface area contributed by atoms with E-state index in [0.717, 1.165) is 21.6 Å². The van der Waals surface area contributed by atoms with Crippen molar-refractivity contribution in [2.75, 3.05) is 11.4 Å². The summed E-state index contributed by atoms with van der Waals surface area (Å²) in [6, 6.07) is 20.3. The monoisotopic (exact) mass is 449 g/mol. The number of rotatable bonds is 6. The zero-order chi connectivity index (χ0) is 21.4. The molecular formula is C22H19N5O2S2. The van der Waals surface area contributed by atoms with Crippen LogP contribution in [0.1, 0.15) is 12.5 Å². The molecule has 0 fully saturated rings. The summed E-state index contributed by atoms with van der Waals surface area (Å²) in [6.45, 7) is 3.44. The fraction of sp³-hybridized carbons (Fsp3) is 0.136. The minimum atomic E-state index is -3.85. The van der Waals surface area contributed by atoms with Crippen LogP contribution in [0.2, 0.25) is 0 Å². The van der Waals surface area contributed by atoms with E-state index in [0.29, 0.717) is 13.1 Å². The highest BCUT2D eigenvalue weighted by Gasteiger charge is 2.28. The Morgan fingerprint density at radius 2 is 1.71 bits per heavy atom. The first-order valence-corrected chi connectivity index (χ1v) is 12.2. The van der Waals surface area contributed by atoms with Crippen LogP contribution in [0, 0.1) is 0 Å². The molecule has 0 amide bonds. The molecule has 0 saturated heterocycles. The number of anilines is 1. The van der Waals surface area contributed by atoms with Gasteiger partial charge in [-0.05, 0) is 36.1 Å². The van der Waals surface area contributed by atoms with Crippen LogP contribution in [0.15, 0.2) is 82.0 Å². The summed E-state index contributed by atoms with van der Waals surface area (Å²) in [5, 5.41) is 9.99. The Labute approximate surface area is 183 Å². The fourth-order valence-electron chi connectivity index (χ4n) is 3.55. The summed E-state index contributed by atoms with van der Waals surface area (Å²) >= 11 is 1.55. The second-order valence-electron chi connectivity index (χ2n) is 7.02. The van der Waals surface area contributed by atoms with Crippen molar-refractivity contribution in [2.24, 2.45) is 0 Å². The molecule has 0 aliphatic rings. The van der Waals surface area contributed by atoms with E-state index in [2.05, 4.69) is 34.3 Å². The van der Waals surface area contributed by atoms with Crippen molar-refractivity contribution < 1.29 is 8.42 Å². The van der Waals surface area contributed by atoms with Crippen LogP contribution in [-0.4, -0.2) is 34.8 Å². The van der Waals surface area contributed by atoms with Crippen LogP contribution >= 0.6 is 11.3 Å². The third kappa shape index (κ3) is 3.35. The summed E-state index contributed by atoms with van der Waals surface area (Å²) < 4.78 is 29.0. The highest BCUT2D eigenvalue weighted by molar-refractivity contribution is 7.91. The van der Waals surface area contributed by atoms with Crippen LogP contribution in [0.25, 0.3) is 15.9 Å². The number of hydrogen-bond acceptors (Lipinski definition) is 7. The van der Waals surface area contributed by atoms with Gasteiger partial charge in [-0.15, -0.1) is 16.4 Å². The Hall–Kier alpha value is -3.30. The number of thiophene rings is 1. The smallest absolute Gasteiger partial charge is 0.229 e. The zero-order valence-corrected chi connectivity index (χ0v) is 18.3. The molecule has 0 aliphatic carbocycles. The standard InChI is InChI=1S/C22H19N5O2S2/c1-2-26(15-16-9-5-3-6-10-16)20-19-18(13-14-30-19)27-21(23-20)22(24-25-27)31(28,29)17-11-7-4-8-12-17/h3-14H,2,15H2,1H3.